The van der Waals surface area contributed by atoms with Crippen molar-refractivity contribution in [3.8, 4) is 11.8 Å². The fraction of sp³-hybridized carbons (Fsp3) is 0.714. The molecule has 0 aromatic carbocycles. The molecule has 3 aliphatic carbocycles. The van der Waals surface area contributed by atoms with Gasteiger partial charge in [0.05, 0.1) is 0 Å². The first-order valence-electron chi connectivity index (χ1n) is 5.95. The maximum Gasteiger partial charge on any atom is 0.119 e. The molecular weight excluding hydrogens is 184 g/mol. The lowest BCUT2D eigenvalue weighted by Crippen LogP contribution is -2.26. The molecule has 0 aromatic heterocycles. The number of hydrogen-bond donors (Lipinski definition) is 1. The summed E-state index contributed by atoms with van der Waals surface area (Å²) in [5.74, 6) is 8.36. The predicted molar refractivity (Wildman–Crippen MR) is 62.2 cm³/mol. The van der Waals surface area contributed by atoms with Crippen LogP contribution in [-0.4, -0.2) is 10.7 Å². The number of allylic oxidation sites excluding steroid dienone is 2. The lowest BCUT2D eigenvalue weighted by atomic mass is 9.68. The van der Waals surface area contributed by atoms with Crippen LogP contribution in [0.3, 0.4) is 0 Å². The normalized spacial score (nSPS) is 33.7. The van der Waals surface area contributed by atoms with Crippen LogP contribution in [0.5, 0.6) is 0 Å². The Hall–Kier alpha value is -0.740. The third kappa shape index (κ3) is 2.86. The van der Waals surface area contributed by atoms with Crippen molar-refractivity contribution in [3.63, 3.8) is 0 Å². The third-order valence-corrected chi connectivity index (χ3v) is 3.47. The Labute approximate surface area is 92.6 Å². The molecule has 1 N–H and O–H groups in total. The van der Waals surface area contributed by atoms with Gasteiger partial charge < -0.3 is 5.11 Å². The van der Waals surface area contributed by atoms with Crippen molar-refractivity contribution >= 4 is 0 Å². The van der Waals surface area contributed by atoms with Crippen LogP contribution in [0.15, 0.2) is 12.2 Å². The summed E-state index contributed by atoms with van der Waals surface area (Å²) in [5.41, 5.74) is -0.830. The lowest BCUT2D eigenvalue weighted by molar-refractivity contribution is 0.143. The molecule has 0 spiro atoms. The van der Waals surface area contributed by atoms with E-state index in [1.165, 1.54) is 19.3 Å². The minimum Gasteiger partial charge on any atom is -0.378 e. The van der Waals surface area contributed by atoms with Crippen molar-refractivity contribution in [2.24, 2.45) is 17.8 Å². The van der Waals surface area contributed by atoms with Crippen LogP contribution in [0.1, 0.15) is 39.5 Å². The first-order chi connectivity index (χ1) is 7.04. The second kappa shape index (κ2) is 4.02. The first kappa shape index (κ1) is 10.8. The van der Waals surface area contributed by atoms with E-state index in [1.807, 2.05) is 0 Å². The van der Waals surface area contributed by atoms with Gasteiger partial charge >= 0.3 is 0 Å². The van der Waals surface area contributed by atoms with Crippen molar-refractivity contribution in [3.05, 3.63) is 12.2 Å². The Kier molecular flexibility index (Phi) is 2.89. The quantitative estimate of drug-likeness (QED) is 0.514. The molecule has 15 heavy (non-hydrogen) atoms. The van der Waals surface area contributed by atoms with Crippen molar-refractivity contribution in [2.45, 2.75) is 45.1 Å². The highest BCUT2D eigenvalue weighted by atomic mass is 16.3. The van der Waals surface area contributed by atoms with Crippen molar-refractivity contribution in [1.82, 2.24) is 0 Å². The van der Waals surface area contributed by atoms with E-state index < -0.39 is 5.60 Å². The summed E-state index contributed by atoms with van der Waals surface area (Å²) in [6, 6.07) is 0. The molecule has 0 aliphatic heterocycles. The molecule has 2 bridgehead atoms. The Bertz CT molecular complexity index is 310. The van der Waals surface area contributed by atoms with E-state index in [0.29, 0.717) is 0 Å². The van der Waals surface area contributed by atoms with E-state index >= 15 is 0 Å². The van der Waals surface area contributed by atoms with E-state index in [9.17, 15) is 5.11 Å². The zero-order chi connectivity index (χ0) is 10.9. The van der Waals surface area contributed by atoms with Gasteiger partial charge in [0.15, 0.2) is 0 Å². The van der Waals surface area contributed by atoms with E-state index in [2.05, 4.69) is 24.0 Å². The fourth-order valence-electron chi connectivity index (χ4n) is 2.68. The van der Waals surface area contributed by atoms with Crippen LogP contribution in [-0.2, 0) is 0 Å². The highest BCUT2D eigenvalue weighted by Crippen LogP contribution is 2.41. The number of fused-ring (bicyclic) bond motifs is 2. The molecule has 1 saturated carbocycles. The molecule has 3 aliphatic rings. The molecule has 1 heteroatoms. The molecule has 3 rings (SSSR count). The average Bonchev–Trinajstić information content (AvgIpc) is 2.17. The van der Waals surface area contributed by atoms with Crippen molar-refractivity contribution in [1.29, 1.82) is 0 Å². The van der Waals surface area contributed by atoms with Gasteiger partial charge in [0.25, 0.3) is 0 Å². The summed E-state index contributed by atoms with van der Waals surface area (Å²) in [6.07, 6.45) is 9.74. The molecule has 1 nitrogen and oxygen atoms in total. The van der Waals surface area contributed by atoms with E-state index in [-0.39, 0.29) is 0 Å². The Balaban J connectivity index is 1.91. The number of aliphatic hydroxyl groups is 1. The van der Waals surface area contributed by atoms with Crippen LogP contribution in [0.2, 0.25) is 0 Å². The number of hydrogen-bond acceptors (Lipinski definition) is 1. The molecule has 0 heterocycles. The fourth-order valence-corrected chi connectivity index (χ4v) is 2.68. The number of rotatable bonds is 1. The van der Waals surface area contributed by atoms with Crippen LogP contribution in [0, 0.1) is 29.6 Å². The van der Waals surface area contributed by atoms with Gasteiger partial charge in [-0.05, 0) is 50.9 Å². The topological polar surface area (TPSA) is 20.2 Å². The van der Waals surface area contributed by atoms with E-state index in [1.54, 1.807) is 13.8 Å². The zero-order valence-electron chi connectivity index (χ0n) is 9.66. The van der Waals surface area contributed by atoms with Gasteiger partial charge in [-0.3, -0.25) is 0 Å². The highest BCUT2D eigenvalue weighted by molar-refractivity contribution is 5.13. The summed E-state index contributed by atoms with van der Waals surface area (Å²) >= 11 is 0. The van der Waals surface area contributed by atoms with Crippen LogP contribution < -0.4 is 0 Å². The van der Waals surface area contributed by atoms with Gasteiger partial charge in [-0.2, -0.15) is 0 Å². The first-order valence-corrected chi connectivity index (χ1v) is 5.95. The summed E-state index contributed by atoms with van der Waals surface area (Å²) in [7, 11) is 0. The molecule has 1 fully saturated rings. The van der Waals surface area contributed by atoms with Gasteiger partial charge in [-0.25, -0.2) is 0 Å². The Morgan fingerprint density at radius 3 is 2.60 bits per heavy atom. The standard InChI is InChI=1S/C14H20O/c1-14(2,15)9-3-4-13-10-11-5-7-12(13)8-6-11/h5,7,11-13,15H,4,6,8,10H2,1-2H3. The predicted octanol–water partition coefficient (Wildman–Crippen LogP) is 2.75. The Morgan fingerprint density at radius 2 is 2.13 bits per heavy atom. The SMILES string of the molecule is CC(C)(O)C#CCC1CC2C=CC1CC2. The summed E-state index contributed by atoms with van der Waals surface area (Å²) < 4.78 is 0. The second-order valence-corrected chi connectivity index (χ2v) is 5.45. The average molecular weight is 204 g/mol. The van der Waals surface area contributed by atoms with Gasteiger partial charge in [-0.1, -0.05) is 24.0 Å². The summed E-state index contributed by atoms with van der Waals surface area (Å²) in [6.45, 7) is 3.49. The molecule has 82 valence electrons. The molecular formula is C14H20O. The largest absolute Gasteiger partial charge is 0.378 e. The van der Waals surface area contributed by atoms with Gasteiger partial charge in [0.1, 0.15) is 5.60 Å². The lowest BCUT2D eigenvalue weighted by Gasteiger charge is -2.37. The third-order valence-electron chi connectivity index (χ3n) is 3.47. The van der Waals surface area contributed by atoms with Gasteiger partial charge in [-0.15, -0.1) is 0 Å². The molecule has 3 atom stereocenters. The van der Waals surface area contributed by atoms with Crippen LogP contribution in [0.4, 0.5) is 0 Å². The zero-order valence-corrected chi connectivity index (χ0v) is 9.66. The van der Waals surface area contributed by atoms with E-state index in [0.717, 1.165) is 24.2 Å². The summed E-state index contributed by atoms with van der Waals surface area (Å²) in [4.78, 5) is 0. The van der Waals surface area contributed by atoms with Gasteiger partial charge in [0, 0.05) is 6.42 Å². The monoisotopic (exact) mass is 204 g/mol. The molecule has 0 aromatic rings. The van der Waals surface area contributed by atoms with E-state index in [4.69, 9.17) is 0 Å². The molecule has 0 radical (unpaired) electrons. The van der Waals surface area contributed by atoms with Crippen LogP contribution >= 0.6 is 0 Å². The Morgan fingerprint density at radius 1 is 1.33 bits per heavy atom. The molecule has 0 amide bonds. The second-order valence-electron chi connectivity index (χ2n) is 5.45. The maximum atomic E-state index is 9.49. The van der Waals surface area contributed by atoms with Crippen molar-refractivity contribution < 1.29 is 5.11 Å². The maximum absolute atomic E-state index is 9.49. The molecule has 3 unspecified atom stereocenters. The van der Waals surface area contributed by atoms with Crippen molar-refractivity contribution in [2.75, 3.05) is 0 Å². The van der Waals surface area contributed by atoms with Crippen LogP contribution in [0.25, 0.3) is 0 Å². The molecule has 0 saturated heterocycles. The van der Waals surface area contributed by atoms with Gasteiger partial charge in [0.2, 0.25) is 0 Å². The summed E-state index contributed by atoms with van der Waals surface area (Å²) in [5, 5.41) is 9.49. The minimum atomic E-state index is -0.830. The minimum absolute atomic E-state index is 0.739. The highest BCUT2D eigenvalue weighted by Gasteiger charge is 2.30. The smallest absolute Gasteiger partial charge is 0.119 e.